The molecule has 0 aliphatic rings. The average Bonchev–Trinajstić information content (AvgIpc) is 3.66. The molecule has 0 aliphatic carbocycles. The van der Waals surface area contributed by atoms with Gasteiger partial charge in [-0.05, 0) is 70.1 Å². The Bertz CT molecular complexity index is 2820. The monoisotopic (exact) mass is 611 g/mol. The van der Waals surface area contributed by atoms with Gasteiger partial charge in [0.25, 0.3) is 0 Å². The molecular weight excluding hydrogens is 583 g/mol. The second-order valence-corrected chi connectivity index (χ2v) is 12.5. The summed E-state index contributed by atoms with van der Waals surface area (Å²) in [4.78, 5) is 4.96. The molecule has 0 aliphatic heterocycles. The summed E-state index contributed by atoms with van der Waals surface area (Å²) in [6, 6.07) is 61.2. The van der Waals surface area contributed by atoms with Crippen LogP contribution in [-0.2, 0) is 0 Å². The van der Waals surface area contributed by atoms with Crippen molar-refractivity contribution >= 4 is 54.4 Å². The first kappa shape index (κ1) is 26.7. The Balaban J connectivity index is 1.19. The maximum atomic E-state index is 4.96. The first-order valence-corrected chi connectivity index (χ1v) is 16.4. The zero-order valence-corrected chi connectivity index (χ0v) is 26.1. The number of benzene rings is 7. The van der Waals surface area contributed by atoms with Crippen molar-refractivity contribution < 1.29 is 0 Å². The molecule has 3 aromatic heterocycles. The number of fused-ring (bicyclic) bond motifs is 7. The average molecular weight is 612 g/mol. The van der Waals surface area contributed by atoms with E-state index in [1.165, 1.54) is 60.2 Å². The summed E-state index contributed by atoms with van der Waals surface area (Å²) in [5.74, 6) is 0.925. The van der Waals surface area contributed by atoms with E-state index < -0.39 is 0 Å². The fourth-order valence-electron chi connectivity index (χ4n) is 7.46. The van der Waals surface area contributed by atoms with E-state index in [9.17, 15) is 0 Å². The highest BCUT2D eigenvalue weighted by atomic mass is 15.1. The number of hydrogen-bond donors (Lipinski definition) is 0. The van der Waals surface area contributed by atoms with Crippen LogP contribution in [0.2, 0.25) is 0 Å². The molecule has 3 heterocycles. The molecular formula is C45H29N3. The van der Waals surface area contributed by atoms with Crippen LogP contribution in [0.1, 0.15) is 0 Å². The zero-order chi connectivity index (χ0) is 31.6. The van der Waals surface area contributed by atoms with Crippen LogP contribution in [0.4, 0.5) is 0 Å². The van der Waals surface area contributed by atoms with Gasteiger partial charge in [-0.15, -0.1) is 0 Å². The molecule has 10 aromatic rings. The van der Waals surface area contributed by atoms with Crippen molar-refractivity contribution in [3.63, 3.8) is 0 Å². The third-order valence-electron chi connectivity index (χ3n) is 9.74. The number of pyridine rings is 1. The number of hydrogen-bond acceptors (Lipinski definition) is 1. The molecule has 0 radical (unpaired) electrons. The summed E-state index contributed by atoms with van der Waals surface area (Å²) in [6.45, 7) is 0. The Morgan fingerprint density at radius 1 is 0.333 bits per heavy atom. The molecule has 10 rings (SSSR count). The van der Waals surface area contributed by atoms with Crippen molar-refractivity contribution in [1.82, 2.24) is 14.1 Å². The van der Waals surface area contributed by atoms with Gasteiger partial charge in [0.15, 0.2) is 0 Å². The van der Waals surface area contributed by atoms with Crippen LogP contribution in [0.5, 0.6) is 0 Å². The van der Waals surface area contributed by atoms with E-state index in [0.717, 1.165) is 27.9 Å². The lowest BCUT2D eigenvalue weighted by atomic mass is 10.00. The molecule has 224 valence electrons. The van der Waals surface area contributed by atoms with Gasteiger partial charge >= 0.3 is 0 Å². The predicted octanol–water partition coefficient (Wildman–Crippen LogP) is 11.8. The minimum absolute atomic E-state index is 0.925. The van der Waals surface area contributed by atoms with Crippen molar-refractivity contribution in [1.29, 1.82) is 0 Å². The van der Waals surface area contributed by atoms with E-state index in [2.05, 4.69) is 179 Å². The van der Waals surface area contributed by atoms with Gasteiger partial charge in [-0.3, -0.25) is 4.57 Å². The SMILES string of the molecule is c1ccc(-c2ccc(-c3cccc(-n4c5ccccc5c5cc6c(cc54)c4ccccc4n6-c4cc5ccccc5cn4)c3)cc2)cc1. The van der Waals surface area contributed by atoms with E-state index >= 15 is 0 Å². The topological polar surface area (TPSA) is 22.8 Å². The molecule has 0 atom stereocenters. The molecule has 0 saturated heterocycles. The van der Waals surface area contributed by atoms with Crippen LogP contribution < -0.4 is 0 Å². The van der Waals surface area contributed by atoms with Crippen LogP contribution in [-0.4, -0.2) is 14.1 Å². The van der Waals surface area contributed by atoms with Crippen LogP contribution in [0, 0.1) is 0 Å². The van der Waals surface area contributed by atoms with Crippen LogP contribution in [0.3, 0.4) is 0 Å². The molecule has 0 spiro atoms. The van der Waals surface area contributed by atoms with Crippen LogP contribution in [0.25, 0.3) is 88.1 Å². The van der Waals surface area contributed by atoms with Crippen molar-refractivity contribution in [3.05, 3.63) is 176 Å². The largest absolute Gasteiger partial charge is 0.309 e. The highest BCUT2D eigenvalue weighted by Gasteiger charge is 2.19. The minimum Gasteiger partial charge on any atom is -0.309 e. The van der Waals surface area contributed by atoms with Gasteiger partial charge in [0.2, 0.25) is 0 Å². The van der Waals surface area contributed by atoms with Gasteiger partial charge < -0.3 is 4.57 Å². The lowest BCUT2D eigenvalue weighted by Gasteiger charge is -2.11. The second-order valence-electron chi connectivity index (χ2n) is 12.5. The summed E-state index contributed by atoms with van der Waals surface area (Å²) in [6.07, 6.45) is 1.98. The summed E-state index contributed by atoms with van der Waals surface area (Å²) >= 11 is 0. The molecule has 3 heteroatoms. The van der Waals surface area contributed by atoms with Gasteiger partial charge in [-0.2, -0.15) is 0 Å². The lowest BCUT2D eigenvalue weighted by Crippen LogP contribution is -1.97. The highest BCUT2D eigenvalue weighted by Crippen LogP contribution is 2.40. The lowest BCUT2D eigenvalue weighted by molar-refractivity contribution is 1.09. The maximum Gasteiger partial charge on any atom is 0.138 e. The van der Waals surface area contributed by atoms with Crippen molar-refractivity contribution in [2.24, 2.45) is 0 Å². The van der Waals surface area contributed by atoms with E-state index in [0.29, 0.717) is 0 Å². The first-order chi connectivity index (χ1) is 23.8. The van der Waals surface area contributed by atoms with Crippen molar-refractivity contribution in [2.75, 3.05) is 0 Å². The number of aromatic nitrogens is 3. The molecule has 0 saturated carbocycles. The smallest absolute Gasteiger partial charge is 0.138 e. The highest BCUT2D eigenvalue weighted by molar-refractivity contribution is 6.19. The fourth-order valence-corrected chi connectivity index (χ4v) is 7.46. The zero-order valence-electron chi connectivity index (χ0n) is 26.1. The van der Waals surface area contributed by atoms with E-state index in [4.69, 9.17) is 4.98 Å². The standard InChI is InChI=1S/C45H29N3/c1-2-11-30(12-3-1)31-21-23-32(24-22-31)33-15-10-16-36(25-33)47-41-19-8-6-17-37(41)39-28-44-40(27-43(39)47)38-18-7-9-20-42(38)48(44)45-26-34-13-4-5-14-35(34)29-46-45/h1-29H. The van der Waals surface area contributed by atoms with E-state index in [-0.39, 0.29) is 0 Å². The quantitative estimate of drug-likeness (QED) is 0.194. The van der Waals surface area contributed by atoms with Gasteiger partial charge in [-0.1, -0.05) is 127 Å². The number of para-hydroxylation sites is 2. The molecule has 0 bridgehead atoms. The van der Waals surface area contributed by atoms with Gasteiger partial charge in [0.05, 0.1) is 22.1 Å². The van der Waals surface area contributed by atoms with Crippen LogP contribution in [0.15, 0.2) is 176 Å². The Kier molecular flexibility index (Phi) is 5.87. The van der Waals surface area contributed by atoms with E-state index in [1.54, 1.807) is 0 Å². The summed E-state index contributed by atoms with van der Waals surface area (Å²) in [5, 5.41) is 7.21. The molecule has 0 N–H and O–H groups in total. The summed E-state index contributed by atoms with van der Waals surface area (Å²) < 4.78 is 4.74. The third kappa shape index (κ3) is 4.11. The minimum atomic E-state index is 0.925. The fraction of sp³-hybridized carbons (Fsp3) is 0. The Hall–Kier alpha value is -6.45. The Labute approximate surface area is 277 Å². The molecule has 0 unspecified atom stereocenters. The van der Waals surface area contributed by atoms with Crippen molar-refractivity contribution in [3.8, 4) is 33.8 Å². The normalized spacial score (nSPS) is 11.8. The third-order valence-corrected chi connectivity index (χ3v) is 9.74. The molecule has 48 heavy (non-hydrogen) atoms. The van der Waals surface area contributed by atoms with Gasteiger partial charge in [-0.25, -0.2) is 4.98 Å². The molecule has 0 amide bonds. The van der Waals surface area contributed by atoms with Crippen molar-refractivity contribution in [2.45, 2.75) is 0 Å². The Morgan fingerprint density at radius 3 is 1.60 bits per heavy atom. The van der Waals surface area contributed by atoms with Gasteiger partial charge in [0.1, 0.15) is 5.82 Å². The first-order valence-electron chi connectivity index (χ1n) is 16.4. The van der Waals surface area contributed by atoms with Crippen LogP contribution >= 0.6 is 0 Å². The maximum absolute atomic E-state index is 4.96. The van der Waals surface area contributed by atoms with Gasteiger partial charge in [0, 0.05) is 38.8 Å². The number of nitrogens with zero attached hydrogens (tertiary/aromatic N) is 3. The summed E-state index contributed by atoms with van der Waals surface area (Å²) in [7, 11) is 0. The molecule has 0 fully saturated rings. The van der Waals surface area contributed by atoms with E-state index in [1.807, 2.05) is 6.20 Å². The molecule has 3 nitrogen and oxygen atoms in total. The Morgan fingerprint density at radius 2 is 0.875 bits per heavy atom. The number of rotatable bonds is 4. The summed E-state index contributed by atoms with van der Waals surface area (Å²) in [5.41, 5.74) is 10.7. The second kappa shape index (κ2) is 10.5. The molecule has 7 aromatic carbocycles. The predicted molar refractivity (Wildman–Crippen MR) is 201 cm³/mol.